The number of aromatic carboxylic acids is 1. The largest absolute Gasteiger partial charge is 0.478 e. The van der Waals surface area contributed by atoms with Crippen molar-refractivity contribution in [2.75, 3.05) is 13.2 Å². The summed E-state index contributed by atoms with van der Waals surface area (Å²) in [6.45, 7) is 0.797. The molecule has 2 rings (SSSR count). The minimum absolute atomic E-state index is 0.0172. The van der Waals surface area contributed by atoms with Gasteiger partial charge in [-0.1, -0.05) is 11.6 Å². The van der Waals surface area contributed by atoms with Crippen molar-refractivity contribution in [1.82, 2.24) is 4.72 Å². The van der Waals surface area contributed by atoms with Gasteiger partial charge in [0.2, 0.25) is 10.0 Å². The molecule has 0 spiro atoms. The van der Waals surface area contributed by atoms with Crippen molar-refractivity contribution in [2.45, 2.75) is 17.4 Å². The molecule has 1 unspecified atom stereocenters. The molecule has 0 saturated carbocycles. The number of carboxylic acids is 1. The fourth-order valence-electron chi connectivity index (χ4n) is 1.75. The highest BCUT2D eigenvalue weighted by molar-refractivity contribution is 7.89. The van der Waals surface area contributed by atoms with E-state index in [0.29, 0.717) is 19.6 Å². The molecule has 1 aromatic carbocycles. The molecule has 1 fully saturated rings. The van der Waals surface area contributed by atoms with E-state index < -0.39 is 16.0 Å². The molecule has 104 valence electrons. The van der Waals surface area contributed by atoms with Crippen LogP contribution in [0.25, 0.3) is 0 Å². The molecule has 0 aromatic heterocycles. The molecule has 1 heterocycles. The second-order valence-corrected chi connectivity index (χ2v) is 6.22. The molecule has 1 aromatic rings. The Morgan fingerprint density at radius 2 is 2.21 bits per heavy atom. The molecular formula is C11H12ClNO5S. The lowest BCUT2D eigenvalue weighted by Crippen LogP contribution is -2.35. The van der Waals surface area contributed by atoms with Gasteiger partial charge in [-0.2, -0.15) is 0 Å². The van der Waals surface area contributed by atoms with E-state index in [9.17, 15) is 13.2 Å². The lowest BCUT2D eigenvalue weighted by molar-refractivity contribution is 0.0696. The third-order valence-electron chi connectivity index (χ3n) is 2.72. The van der Waals surface area contributed by atoms with Gasteiger partial charge in [0.05, 0.1) is 17.2 Å². The molecule has 19 heavy (non-hydrogen) atoms. The first kappa shape index (κ1) is 14.3. The van der Waals surface area contributed by atoms with Crippen LogP contribution in [-0.4, -0.2) is 38.7 Å². The summed E-state index contributed by atoms with van der Waals surface area (Å²) in [6.07, 6.45) is 0.579. The van der Waals surface area contributed by atoms with Gasteiger partial charge in [0.1, 0.15) is 4.90 Å². The lowest BCUT2D eigenvalue weighted by Gasteiger charge is -2.12. The summed E-state index contributed by atoms with van der Waals surface area (Å²) in [4.78, 5) is 10.6. The number of carboxylic acid groups (broad SMARTS) is 1. The minimum Gasteiger partial charge on any atom is -0.478 e. The number of carbonyl (C=O) groups is 1. The number of ether oxygens (including phenoxy) is 1. The van der Waals surface area contributed by atoms with Gasteiger partial charge in [-0.05, 0) is 24.6 Å². The third kappa shape index (κ3) is 3.24. The van der Waals surface area contributed by atoms with Gasteiger partial charge in [-0.3, -0.25) is 0 Å². The Kier molecular flexibility index (Phi) is 4.10. The number of hydrogen-bond donors (Lipinski definition) is 2. The zero-order valence-electron chi connectivity index (χ0n) is 9.80. The van der Waals surface area contributed by atoms with Gasteiger partial charge in [0.25, 0.3) is 0 Å². The van der Waals surface area contributed by atoms with E-state index in [1.807, 2.05) is 0 Å². The molecule has 1 saturated heterocycles. The maximum absolute atomic E-state index is 12.1. The highest BCUT2D eigenvalue weighted by atomic mass is 35.5. The summed E-state index contributed by atoms with van der Waals surface area (Å²) < 4.78 is 31.8. The van der Waals surface area contributed by atoms with E-state index in [1.165, 1.54) is 12.1 Å². The highest BCUT2D eigenvalue weighted by Gasteiger charge is 2.26. The molecule has 1 aliphatic rings. The molecule has 8 heteroatoms. The number of rotatable bonds is 4. The molecule has 1 atom stereocenters. The highest BCUT2D eigenvalue weighted by Crippen LogP contribution is 2.23. The Morgan fingerprint density at radius 1 is 1.47 bits per heavy atom. The van der Waals surface area contributed by atoms with E-state index in [4.69, 9.17) is 21.4 Å². The molecule has 0 radical (unpaired) electrons. The van der Waals surface area contributed by atoms with Crippen LogP contribution in [0.1, 0.15) is 16.8 Å². The van der Waals surface area contributed by atoms with Crippen molar-refractivity contribution >= 4 is 27.6 Å². The van der Waals surface area contributed by atoms with Crippen LogP contribution in [0.15, 0.2) is 23.1 Å². The van der Waals surface area contributed by atoms with Gasteiger partial charge in [-0.25, -0.2) is 17.9 Å². The smallest absolute Gasteiger partial charge is 0.335 e. The Balaban J connectivity index is 2.33. The predicted octanol–water partition coefficient (Wildman–Crippen LogP) is 1.11. The SMILES string of the molecule is O=C(O)c1ccc(Cl)c(S(=O)(=O)NC2CCOC2)c1. The molecular weight excluding hydrogens is 294 g/mol. The number of hydrogen-bond acceptors (Lipinski definition) is 4. The average Bonchev–Trinajstić information content (AvgIpc) is 2.81. The fourth-order valence-corrected chi connectivity index (χ4v) is 3.53. The van der Waals surface area contributed by atoms with E-state index >= 15 is 0 Å². The summed E-state index contributed by atoms with van der Waals surface area (Å²) >= 11 is 5.83. The number of benzene rings is 1. The van der Waals surface area contributed by atoms with Crippen molar-refractivity contribution < 1.29 is 23.1 Å². The summed E-state index contributed by atoms with van der Waals surface area (Å²) in [6, 6.07) is 3.24. The second-order valence-electron chi connectivity index (χ2n) is 4.13. The molecule has 0 amide bonds. The first-order valence-electron chi connectivity index (χ1n) is 5.53. The van der Waals surface area contributed by atoms with Crippen LogP contribution in [0.2, 0.25) is 5.02 Å². The summed E-state index contributed by atoms with van der Waals surface area (Å²) in [7, 11) is -3.86. The van der Waals surface area contributed by atoms with Gasteiger partial charge < -0.3 is 9.84 Å². The quantitative estimate of drug-likeness (QED) is 0.869. The van der Waals surface area contributed by atoms with E-state index in [0.717, 1.165) is 6.07 Å². The second kappa shape index (κ2) is 5.46. The number of halogens is 1. The Morgan fingerprint density at radius 3 is 2.79 bits per heavy atom. The van der Waals surface area contributed by atoms with E-state index in [2.05, 4.69) is 4.72 Å². The van der Waals surface area contributed by atoms with Crippen LogP contribution in [0, 0.1) is 0 Å². The lowest BCUT2D eigenvalue weighted by atomic mass is 10.2. The van der Waals surface area contributed by atoms with E-state index in [1.54, 1.807) is 0 Å². The van der Waals surface area contributed by atoms with Crippen molar-refractivity contribution in [1.29, 1.82) is 0 Å². The molecule has 2 N–H and O–H groups in total. The number of nitrogens with one attached hydrogen (secondary N) is 1. The van der Waals surface area contributed by atoms with Crippen LogP contribution in [0.5, 0.6) is 0 Å². The normalized spacial score (nSPS) is 19.5. The Hall–Kier alpha value is -1.15. The van der Waals surface area contributed by atoms with Crippen LogP contribution in [-0.2, 0) is 14.8 Å². The maximum Gasteiger partial charge on any atom is 0.335 e. The zero-order valence-corrected chi connectivity index (χ0v) is 11.4. The van der Waals surface area contributed by atoms with Crippen molar-refractivity contribution in [2.24, 2.45) is 0 Å². The first-order valence-corrected chi connectivity index (χ1v) is 7.39. The van der Waals surface area contributed by atoms with Crippen LogP contribution in [0.4, 0.5) is 0 Å². The summed E-state index contributed by atoms with van der Waals surface area (Å²) in [5.41, 5.74) is -0.132. The van der Waals surface area contributed by atoms with Crippen LogP contribution in [0.3, 0.4) is 0 Å². The standard InChI is InChI=1S/C11H12ClNO5S/c12-9-2-1-7(11(14)15)5-10(9)19(16,17)13-8-3-4-18-6-8/h1-2,5,8,13H,3-4,6H2,(H,14,15). The zero-order chi connectivity index (χ0) is 14.0. The van der Waals surface area contributed by atoms with E-state index in [-0.39, 0.29) is 21.5 Å². The predicted molar refractivity (Wildman–Crippen MR) is 68.0 cm³/mol. The minimum atomic E-state index is -3.86. The number of sulfonamides is 1. The van der Waals surface area contributed by atoms with Gasteiger partial charge in [0, 0.05) is 12.6 Å². The first-order chi connectivity index (χ1) is 8.90. The maximum atomic E-state index is 12.1. The van der Waals surface area contributed by atoms with Crippen LogP contribution >= 0.6 is 11.6 Å². The molecule has 6 nitrogen and oxygen atoms in total. The molecule has 0 bridgehead atoms. The summed E-state index contributed by atoms with van der Waals surface area (Å²) in [5, 5.41) is 8.85. The van der Waals surface area contributed by atoms with Crippen molar-refractivity contribution in [3.8, 4) is 0 Å². The monoisotopic (exact) mass is 305 g/mol. The van der Waals surface area contributed by atoms with Crippen LogP contribution < -0.4 is 4.72 Å². The third-order valence-corrected chi connectivity index (χ3v) is 4.72. The van der Waals surface area contributed by atoms with Gasteiger partial charge in [-0.15, -0.1) is 0 Å². The summed E-state index contributed by atoms with van der Waals surface area (Å²) in [5.74, 6) is -1.21. The Labute approximate surface area is 115 Å². The molecule has 0 aliphatic carbocycles. The molecule has 1 aliphatic heterocycles. The topological polar surface area (TPSA) is 92.7 Å². The average molecular weight is 306 g/mol. The van der Waals surface area contributed by atoms with Crippen molar-refractivity contribution in [3.63, 3.8) is 0 Å². The van der Waals surface area contributed by atoms with Gasteiger partial charge in [0.15, 0.2) is 0 Å². The Bertz CT molecular complexity index is 595. The van der Waals surface area contributed by atoms with Crippen molar-refractivity contribution in [3.05, 3.63) is 28.8 Å². The fraction of sp³-hybridized carbons (Fsp3) is 0.364. The van der Waals surface area contributed by atoms with Gasteiger partial charge >= 0.3 is 5.97 Å².